The van der Waals surface area contributed by atoms with Crippen LogP contribution in [0.3, 0.4) is 0 Å². The molecule has 0 spiro atoms. The zero-order valence-electron chi connectivity index (χ0n) is 12.5. The van der Waals surface area contributed by atoms with Crippen molar-refractivity contribution in [3.8, 4) is 0 Å². The first-order chi connectivity index (χ1) is 10.9. The third-order valence-electron chi connectivity index (χ3n) is 4.00. The summed E-state index contributed by atoms with van der Waals surface area (Å²) in [6.45, 7) is 2.42. The monoisotopic (exact) mass is 338 g/mol. The van der Waals surface area contributed by atoms with Crippen LogP contribution in [-0.2, 0) is 6.42 Å². The van der Waals surface area contributed by atoms with Crippen LogP contribution in [0.2, 0.25) is 5.02 Å². The van der Waals surface area contributed by atoms with Gasteiger partial charge in [0.05, 0.1) is 22.4 Å². The van der Waals surface area contributed by atoms with E-state index in [4.69, 9.17) is 16.1 Å². The normalized spacial score (nSPS) is 21.0. The van der Waals surface area contributed by atoms with Crippen molar-refractivity contribution in [2.75, 3.05) is 13.1 Å². The molecule has 1 aliphatic rings. The van der Waals surface area contributed by atoms with Crippen LogP contribution < -0.4 is 0 Å². The van der Waals surface area contributed by atoms with E-state index in [0.717, 1.165) is 11.8 Å². The molecule has 7 heteroatoms. The van der Waals surface area contributed by atoms with Crippen molar-refractivity contribution < 1.29 is 18.8 Å². The number of amides is 1. The van der Waals surface area contributed by atoms with E-state index in [1.807, 2.05) is 13.0 Å². The molecule has 0 unspecified atom stereocenters. The van der Waals surface area contributed by atoms with Crippen LogP contribution >= 0.6 is 11.6 Å². The molecule has 1 saturated heterocycles. The van der Waals surface area contributed by atoms with Crippen LogP contribution in [0, 0.1) is 18.7 Å². The predicted molar refractivity (Wildman–Crippen MR) is 81.8 cm³/mol. The molecule has 5 nitrogen and oxygen atoms in total. The Labute approximate surface area is 137 Å². The van der Waals surface area contributed by atoms with Crippen LogP contribution in [0.25, 0.3) is 0 Å². The van der Waals surface area contributed by atoms with E-state index in [2.05, 4.69) is 5.16 Å². The molecule has 23 heavy (non-hydrogen) atoms. The SMILES string of the molecule is Cc1cc(C[C@@H]2CN(C(=O)c3ccc(F)cc3Cl)C[C@H]2O)on1. The number of carbonyl (C=O) groups is 1. The van der Waals surface area contributed by atoms with Crippen molar-refractivity contribution >= 4 is 17.5 Å². The highest BCUT2D eigenvalue weighted by Crippen LogP contribution is 2.26. The van der Waals surface area contributed by atoms with Crippen LogP contribution in [-0.4, -0.2) is 40.3 Å². The van der Waals surface area contributed by atoms with E-state index < -0.39 is 11.9 Å². The van der Waals surface area contributed by atoms with Gasteiger partial charge >= 0.3 is 0 Å². The van der Waals surface area contributed by atoms with Gasteiger partial charge in [0.15, 0.2) is 0 Å². The predicted octanol–water partition coefficient (Wildman–Crippen LogP) is 2.45. The number of aromatic nitrogens is 1. The molecule has 1 aliphatic heterocycles. The fraction of sp³-hybridized carbons (Fsp3) is 0.375. The van der Waals surface area contributed by atoms with E-state index in [9.17, 15) is 14.3 Å². The summed E-state index contributed by atoms with van der Waals surface area (Å²) in [5, 5.41) is 14.1. The minimum atomic E-state index is -0.649. The van der Waals surface area contributed by atoms with E-state index in [0.29, 0.717) is 18.7 Å². The molecular formula is C16H16ClFN2O3. The smallest absolute Gasteiger partial charge is 0.255 e. The zero-order valence-corrected chi connectivity index (χ0v) is 13.3. The second kappa shape index (κ2) is 6.29. The van der Waals surface area contributed by atoms with Gasteiger partial charge in [0.1, 0.15) is 11.6 Å². The second-order valence-corrected chi connectivity index (χ2v) is 6.21. The number of aliphatic hydroxyl groups excluding tert-OH is 1. The Balaban J connectivity index is 1.71. The van der Waals surface area contributed by atoms with Gasteiger partial charge < -0.3 is 14.5 Å². The molecule has 2 atom stereocenters. The zero-order chi connectivity index (χ0) is 16.6. The van der Waals surface area contributed by atoms with Gasteiger partial charge in [0.25, 0.3) is 5.91 Å². The highest BCUT2D eigenvalue weighted by molar-refractivity contribution is 6.33. The Morgan fingerprint density at radius 1 is 1.48 bits per heavy atom. The molecule has 0 saturated carbocycles. The summed E-state index contributed by atoms with van der Waals surface area (Å²) >= 11 is 5.93. The van der Waals surface area contributed by atoms with Gasteiger partial charge in [-0.2, -0.15) is 0 Å². The molecule has 1 amide bonds. The van der Waals surface area contributed by atoms with Crippen molar-refractivity contribution in [2.24, 2.45) is 5.92 Å². The molecule has 2 aromatic rings. The first-order valence-electron chi connectivity index (χ1n) is 7.28. The van der Waals surface area contributed by atoms with E-state index in [-0.39, 0.29) is 29.0 Å². The number of benzene rings is 1. The third kappa shape index (κ3) is 3.38. The van der Waals surface area contributed by atoms with Crippen LogP contribution in [0.15, 0.2) is 28.8 Å². The van der Waals surface area contributed by atoms with Crippen LogP contribution in [0.4, 0.5) is 4.39 Å². The molecule has 3 rings (SSSR count). The summed E-state index contributed by atoms with van der Waals surface area (Å²) in [7, 11) is 0. The molecule has 122 valence electrons. The van der Waals surface area contributed by atoms with Crippen molar-refractivity contribution in [1.82, 2.24) is 10.1 Å². The maximum atomic E-state index is 13.1. The number of halogens is 2. The maximum Gasteiger partial charge on any atom is 0.255 e. The molecule has 1 aromatic heterocycles. The van der Waals surface area contributed by atoms with Crippen molar-refractivity contribution in [1.29, 1.82) is 0 Å². The number of β-amino-alcohol motifs (C(OH)–C–C–N with tert-alkyl or cyclic N) is 1. The van der Waals surface area contributed by atoms with E-state index in [1.54, 1.807) is 0 Å². The highest BCUT2D eigenvalue weighted by atomic mass is 35.5. The maximum absolute atomic E-state index is 13.1. The Morgan fingerprint density at radius 3 is 2.91 bits per heavy atom. The lowest BCUT2D eigenvalue weighted by Gasteiger charge is -2.16. The highest BCUT2D eigenvalue weighted by Gasteiger charge is 2.35. The quantitative estimate of drug-likeness (QED) is 0.933. The van der Waals surface area contributed by atoms with Crippen molar-refractivity contribution in [3.63, 3.8) is 0 Å². The largest absolute Gasteiger partial charge is 0.391 e. The number of likely N-dealkylation sites (tertiary alicyclic amines) is 1. The summed E-state index contributed by atoms with van der Waals surface area (Å²) in [5.41, 5.74) is 1.01. The molecule has 0 aliphatic carbocycles. The summed E-state index contributed by atoms with van der Waals surface area (Å²) < 4.78 is 18.3. The summed E-state index contributed by atoms with van der Waals surface area (Å²) in [6, 6.07) is 5.48. The number of carbonyl (C=O) groups excluding carboxylic acids is 1. The van der Waals surface area contributed by atoms with Crippen molar-refractivity contribution in [2.45, 2.75) is 19.4 Å². The average Bonchev–Trinajstić information content (AvgIpc) is 3.05. The first kappa shape index (κ1) is 16.0. The molecule has 2 heterocycles. The molecule has 1 fully saturated rings. The number of hydrogen-bond donors (Lipinski definition) is 1. The number of nitrogens with zero attached hydrogens (tertiary/aromatic N) is 2. The minimum absolute atomic E-state index is 0.0683. The van der Waals surface area contributed by atoms with Gasteiger partial charge in [0.2, 0.25) is 0 Å². The first-order valence-corrected chi connectivity index (χ1v) is 7.66. The van der Waals surface area contributed by atoms with Gasteiger partial charge in [-0.25, -0.2) is 4.39 Å². The van der Waals surface area contributed by atoms with Crippen molar-refractivity contribution in [3.05, 3.63) is 52.1 Å². The Hall–Kier alpha value is -1.92. The number of aryl methyl sites for hydroxylation is 1. The van der Waals surface area contributed by atoms with Gasteiger partial charge in [-0.15, -0.1) is 0 Å². The van der Waals surface area contributed by atoms with Crippen LogP contribution in [0.5, 0.6) is 0 Å². The lowest BCUT2D eigenvalue weighted by atomic mass is 10.0. The fourth-order valence-corrected chi connectivity index (χ4v) is 3.07. The number of hydrogen-bond acceptors (Lipinski definition) is 4. The number of rotatable bonds is 3. The summed E-state index contributed by atoms with van der Waals surface area (Å²) in [4.78, 5) is 14.0. The Morgan fingerprint density at radius 2 is 2.26 bits per heavy atom. The molecule has 1 N–H and O–H groups in total. The average molecular weight is 339 g/mol. The standard InChI is InChI=1S/C16H16ClFN2O3/c1-9-4-12(23-19-9)5-10-7-20(8-15(10)21)16(22)13-3-2-11(18)6-14(13)17/h2-4,6,10,15,21H,5,7-8H2,1H3/t10-,15-/m1/s1. The Bertz CT molecular complexity index is 734. The molecule has 0 radical (unpaired) electrons. The topological polar surface area (TPSA) is 66.6 Å². The summed E-state index contributed by atoms with van der Waals surface area (Å²) in [6.07, 6.45) is -0.147. The lowest BCUT2D eigenvalue weighted by molar-refractivity contribution is 0.0764. The second-order valence-electron chi connectivity index (χ2n) is 5.80. The molecule has 1 aromatic carbocycles. The minimum Gasteiger partial charge on any atom is -0.391 e. The molecular weight excluding hydrogens is 323 g/mol. The van der Waals surface area contributed by atoms with Gasteiger partial charge in [0, 0.05) is 31.5 Å². The van der Waals surface area contributed by atoms with Gasteiger partial charge in [-0.1, -0.05) is 16.8 Å². The van der Waals surface area contributed by atoms with E-state index in [1.165, 1.54) is 17.0 Å². The summed E-state index contributed by atoms with van der Waals surface area (Å²) in [5.74, 6) is -0.261. The third-order valence-corrected chi connectivity index (χ3v) is 4.31. The molecule has 0 bridgehead atoms. The van der Waals surface area contributed by atoms with Gasteiger partial charge in [-0.05, 0) is 25.1 Å². The number of aliphatic hydroxyl groups is 1. The van der Waals surface area contributed by atoms with Crippen LogP contribution in [0.1, 0.15) is 21.8 Å². The Kier molecular flexibility index (Phi) is 4.37. The lowest BCUT2D eigenvalue weighted by Crippen LogP contribution is -2.29. The van der Waals surface area contributed by atoms with Gasteiger partial charge in [-0.3, -0.25) is 4.79 Å². The fourth-order valence-electron chi connectivity index (χ4n) is 2.82. The van der Waals surface area contributed by atoms with E-state index >= 15 is 0 Å².